The van der Waals surface area contributed by atoms with Crippen molar-refractivity contribution >= 4 is 21.6 Å². The highest BCUT2D eigenvalue weighted by molar-refractivity contribution is 9.10. The average molecular weight is 328 g/mol. The molecule has 0 aliphatic rings. The number of nitrogens with two attached hydrogens (primary N) is 1. The molecule has 0 bridgehead atoms. The zero-order valence-corrected chi connectivity index (χ0v) is 14.1. The summed E-state index contributed by atoms with van der Waals surface area (Å²) in [6, 6.07) is 6.10. The largest absolute Gasteiger partial charge is 0.398 e. The lowest BCUT2D eigenvalue weighted by atomic mass is 10.1. The van der Waals surface area contributed by atoms with Crippen molar-refractivity contribution in [3.8, 4) is 0 Å². The van der Waals surface area contributed by atoms with Crippen LogP contribution in [0.4, 0.5) is 5.69 Å². The minimum atomic E-state index is 0.669. The molecule has 0 aliphatic carbocycles. The predicted molar refractivity (Wildman–Crippen MR) is 87.2 cm³/mol. The van der Waals surface area contributed by atoms with E-state index in [1.165, 1.54) is 5.56 Å². The lowest BCUT2D eigenvalue weighted by molar-refractivity contribution is 0.211. The van der Waals surface area contributed by atoms with Gasteiger partial charge >= 0.3 is 0 Å². The minimum absolute atomic E-state index is 0.669. The highest BCUT2D eigenvalue weighted by Gasteiger charge is 2.11. The number of halogens is 1. The molecule has 2 N–H and O–H groups in total. The lowest BCUT2D eigenvalue weighted by Gasteiger charge is -2.26. The number of rotatable bonds is 7. The molecule has 0 radical (unpaired) electrons. The van der Waals surface area contributed by atoms with Gasteiger partial charge in [-0.1, -0.05) is 26.0 Å². The molecule has 0 fully saturated rings. The zero-order chi connectivity index (χ0) is 14.4. The number of nitrogen functional groups attached to an aromatic ring is 1. The molecule has 0 heterocycles. The Morgan fingerprint density at radius 3 is 2.47 bits per heavy atom. The fourth-order valence-corrected chi connectivity index (χ4v) is 2.45. The molecule has 0 saturated heterocycles. The Kier molecular flexibility index (Phi) is 6.83. The Morgan fingerprint density at radius 1 is 1.21 bits per heavy atom. The molecule has 108 valence electrons. The molecule has 0 saturated carbocycles. The fraction of sp³-hybridized carbons (Fsp3) is 0.600. The van der Waals surface area contributed by atoms with E-state index in [1.807, 2.05) is 12.1 Å². The van der Waals surface area contributed by atoms with Gasteiger partial charge in [0.25, 0.3) is 0 Å². The van der Waals surface area contributed by atoms with E-state index in [2.05, 4.69) is 59.7 Å². The number of hydrogen-bond donors (Lipinski definition) is 1. The third kappa shape index (κ3) is 5.93. The molecule has 1 rings (SSSR count). The standard InChI is InChI=1S/C15H26BrN3/c1-12(2)10-19(9-8-18(3)4)11-13-6-5-7-14(17)15(13)16/h5-7,12H,8-11,17H2,1-4H3. The maximum absolute atomic E-state index is 5.95. The molecule has 4 heteroatoms. The van der Waals surface area contributed by atoms with E-state index < -0.39 is 0 Å². The molecule has 0 aromatic heterocycles. The average Bonchev–Trinajstić information content (AvgIpc) is 2.31. The lowest BCUT2D eigenvalue weighted by Crippen LogP contribution is -2.34. The summed E-state index contributed by atoms with van der Waals surface area (Å²) in [5.41, 5.74) is 8.02. The van der Waals surface area contributed by atoms with Crippen LogP contribution in [0.3, 0.4) is 0 Å². The number of hydrogen-bond acceptors (Lipinski definition) is 3. The van der Waals surface area contributed by atoms with Gasteiger partial charge < -0.3 is 10.6 Å². The van der Waals surface area contributed by atoms with Gasteiger partial charge in [-0.2, -0.15) is 0 Å². The second kappa shape index (κ2) is 7.88. The smallest absolute Gasteiger partial charge is 0.0461 e. The maximum atomic E-state index is 5.95. The van der Waals surface area contributed by atoms with Crippen molar-refractivity contribution in [1.29, 1.82) is 0 Å². The summed E-state index contributed by atoms with van der Waals surface area (Å²) in [5.74, 6) is 0.669. The summed E-state index contributed by atoms with van der Waals surface area (Å²) in [6.07, 6.45) is 0. The summed E-state index contributed by atoms with van der Waals surface area (Å²) in [4.78, 5) is 4.71. The van der Waals surface area contributed by atoms with Gasteiger partial charge in [0.05, 0.1) is 0 Å². The predicted octanol–water partition coefficient (Wildman–Crippen LogP) is 3.05. The number of likely N-dealkylation sites (N-methyl/N-ethyl adjacent to an activating group) is 1. The fourth-order valence-electron chi connectivity index (χ4n) is 2.06. The molecule has 0 aliphatic heterocycles. The Morgan fingerprint density at radius 2 is 1.89 bits per heavy atom. The van der Waals surface area contributed by atoms with Crippen LogP contribution >= 0.6 is 15.9 Å². The van der Waals surface area contributed by atoms with E-state index in [0.717, 1.165) is 36.3 Å². The van der Waals surface area contributed by atoms with Crippen molar-refractivity contribution in [3.05, 3.63) is 28.2 Å². The van der Waals surface area contributed by atoms with Gasteiger partial charge in [0.15, 0.2) is 0 Å². The van der Waals surface area contributed by atoms with Gasteiger partial charge in [-0.15, -0.1) is 0 Å². The topological polar surface area (TPSA) is 32.5 Å². The van der Waals surface area contributed by atoms with Crippen LogP contribution in [0.5, 0.6) is 0 Å². The zero-order valence-electron chi connectivity index (χ0n) is 12.5. The molecular weight excluding hydrogens is 302 g/mol. The van der Waals surface area contributed by atoms with Crippen LogP contribution in [-0.2, 0) is 6.54 Å². The normalized spacial score (nSPS) is 11.8. The summed E-state index contributed by atoms with van der Waals surface area (Å²) < 4.78 is 1.04. The summed E-state index contributed by atoms with van der Waals surface area (Å²) >= 11 is 3.59. The van der Waals surface area contributed by atoms with E-state index in [1.54, 1.807) is 0 Å². The van der Waals surface area contributed by atoms with Crippen LogP contribution in [0.1, 0.15) is 19.4 Å². The molecule has 3 nitrogen and oxygen atoms in total. The first-order valence-corrected chi connectivity index (χ1v) is 7.59. The van der Waals surface area contributed by atoms with E-state index in [9.17, 15) is 0 Å². The molecule has 19 heavy (non-hydrogen) atoms. The van der Waals surface area contributed by atoms with Gasteiger partial charge in [-0.25, -0.2) is 0 Å². The SMILES string of the molecule is CC(C)CN(CCN(C)C)Cc1cccc(N)c1Br. The molecular formula is C15H26BrN3. The first-order valence-electron chi connectivity index (χ1n) is 6.80. The Labute approximate surface area is 125 Å². The molecule has 0 spiro atoms. The number of benzene rings is 1. The van der Waals surface area contributed by atoms with Crippen molar-refractivity contribution < 1.29 is 0 Å². The van der Waals surface area contributed by atoms with Gasteiger partial charge in [0.2, 0.25) is 0 Å². The van der Waals surface area contributed by atoms with Crippen LogP contribution in [0.2, 0.25) is 0 Å². The summed E-state index contributed by atoms with van der Waals surface area (Å²) in [5, 5.41) is 0. The Bertz CT molecular complexity index is 391. The monoisotopic (exact) mass is 327 g/mol. The minimum Gasteiger partial charge on any atom is -0.398 e. The van der Waals surface area contributed by atoms with Gasteiger partial charge in [0, 0.05) is 36.3 Å². The van der Waals surface area contributed by atoms with Gasteiger partial charge in [-0.05, 0) is 47.6 Å². The second-order valence-electron chi connectivity index (χ2n) is 5.75. The van der Waals surface area contributed by atoms with Gasteiger partial charge in [0.1, 0.15) is 0 Å². The van der Waals surface area contributed by atoms with E-state index in [0.29, 0.717) is 5.92 Å². The Balaban J connectivity index is 2.72. The van der Waals surface area contributed by atoms with Crippen molar-refractivity contribution in [2.45, 2.75) is 20.4 Å². The van der Waals surface area contributed by atoms with Crippen molar-refractivity contribution in [2.24, 2.45) is 5.92 Å². The maximum Gasteiger partial charge on any atom is 0.0461 e. The molecule has 0 atom stereocenters. The van der Waals surface area contributed by atoms with Crippen LogP contribution in [0, 0.1) is 5.92 Å². The van der Waals surface area contributed by atoms with Crippen molar-refractivity contribution in [3.63, 3.8) is 0 Å². The first-order chi connectivity index (χ1) is 8.90. The Hall–Kier alpha value is -0.580. The highest BCUT2D eigenvalue weighted by atomic mass is 79.9. The van der Waals surface area contributed by atoms with Crippen LogP contribution in [0.15, 0.2) is 22.7 Å². The van der Waals surface area contributed by atoms with E-state index >= 15 is 0 Å². The highest BCUT2D eigenvalue weighted by Crippen LogP contribution is 2.25. The first kappa shape index (κ1) is 16.5. The number of anilines is 1. The van der Waals surface area contributed by atoms with Crippen LogP contribution < -0.4 is 5.73 Å². The number of nitrogens with zero attached hydrogens (tertiary/aromatic N) is 2. The van der Waals surface area contributed by atoms with Crippen molar-refractivity contribution in [2.75, 3.05) is 39.5 Å². The van der Waals surface area contributed by atoms with Crippen LogP contribution in [-0.4, -0.2) is 43.5 Å². The van der Waals surface area contributed by atoms with E-state index in [4.69, 9.17) is 5.73 Å². The quantitative estimate of drug-likeness (QED) is 0.781. The summed E-state index contributed by atoms with van der Waals surface area (Å²) in [7, 11) is 4.23. The van der Waals surface area contributed by atoms with Crippen LogP contribution in [0.25, 0.3) is 0 Å². The van der Waals surface area contributed by atoms with Crippen molar-refractivity contribution in [1.82, 2.24) is 9.80 Å². The third-order valence-electron chi connectivity index (χ3n) is 2.99. The third-order valence-corrected chi connectivity index (χ3v) is 3.96. The molecule has 1 aromatic rings. The second-order valence-corrected chi connectivity index (χ2v) is 6.55. The van der Waals surface area contributed by atoms with E-state index in [-0.39, 0.29) is 0 Å². The summed E-state index contributed by atoms with van der Waals surface area (Å²) in [6.45, 7) is 8.72. The van der Waals surface area contributed by atoms with Gasteiger partial charge in [-0.3, -0.25) is 4.90 Å². The molecule has 1 aromatic carbocycles. The molecule has 0 unspecified atom stereocenters. The molecule has 0 amide bonds.